The van der Waals surface area contributed by atoms with Gasteiger partial charge >= 0.3 is 0 Å². The van der Waals surface area contributed by atoms with Crippen LogP contribution in [0.3, 0.4) is 0 Å². The molecule has 0 amide bonds. The molecule has 0 aliphatic heterocycles. The SMILES string of the molecule is CC(C)(O)c1cc(Br)ccn1. The van der Waals surface area contributed by atoms with Crippen LogP contribution >= 0.6 is 15.9 Å². The molecule has 1 aromatic rings. The van der Waals surface area contributed by atoms with Gasteiger partial charge in [-0.3, -0.25) is 4.98 Å². The predicted octanol–water partition coefficient (Wildman–Crippen LogP) is 2.07. The summed E-state index contributed by atoms with van der Waals surface area (Å²) in [6.07, 6.45) is 1.66. The van der Waals surface area contributed by atoms with Gasteiger partial charge in [0.2, 0.25) is 0 Å². The Bertz CT molecular complexity index is 255. The summed E-state index contributed by atoms with van der Waals surface area (Å²) in [4.78, 5) is 4.03. The molecule has 60 valence electrons. The number of hydrogen-bond donors (Lipinski definition) is 1. The van der Waals surface area contributed by atoms with E-state index in [1.54, 1.807) is 26.1 Å². The van der Waals surface area contributed by atoms with Crippen molar-refractivity contribution in [2.45, 2.75) is 19.4 Å². The summed E-state index contributed by atoms with van der Waals surface area (Å²) in [6.45, 7) is 3.42. The maximum absolute atomic E-state index is 9.53. The number of aromatic nitrogens is 1. The van der Waals surface area contributed by atoms with Crippen LogP contribution in [0.25, 0.3) is 0 Å². The molecule has 0 spiro atoms. The summed E-state index contributed by atoms with van der Waals surface area (Å²) in [6, 6.07) is 3.63. The molecule has 0 bridgehead atoms. The summed E-state index contributed by atoms with van der Waals surface area (Å²) in [5, 5.41) is 9.53. The molecule has 0 unspecified atom stereocenters. The third-order valence-corrected chi connectivity index (χ3v) is 1.84. The van der Waals surface area contributed by atoms with Crippen LogP contribution in [0.15, 0.2) is 22.8 Å². The number of aliphatic hydroxyl groups is 1. The van der Waals surface area contributed by atoms with E-state index < -0.39 is 5.60 Å². The first-order valence-corrected chi connectivity index (χ1v) is 4.14. The van der Waals surface area contributed by atoms with Crippen LogP contribution in [-0.2, 0) is 5.60 Å². The second kappa shape index (κ2) is 2.91. The third kappa shape index (κ3) is 2.27. The van der Waals surface area contributed by atoms with Crippen molar-refractivity contribution in [2.24, 2.45) is 0 Å². The van der Waals surface area contributed by atoms with Crippen molar-refractivity contribution in [3.8, 4) is 0 Å². The highest BCUT2D eigenvalue weighted by Gasteiger charge is 2.16. The van der Waals surface area contributed by atoms with E-state index in [9.17, 15) is 5.11 Å². The fourth-order valence-corrected chi connectivity index (χ4v) is 1.07. The molecule has 1 aromatic heterocycles. The van der Waals surface area contributed by atoms with E-state index in [1.165, 1.54) is 0 Å². The Morgan fingerprint density at radius 3 is 2.55 bits per heavy atom. The molecular weight excluding hydrogens is 206 g/mol. The van der Waals surface area contributed by atoms with Crippen LogP contribution in [0.1, 0.15) is 19.5 Å². The number of hydrogen-bond acceptors (Lipinski definition) is 2. The third-order valence-electron chi connectivity index (χ3n) is 1.35. The van der Waals surface area contributed by atoms with Crippen LogP contribution in [0.4, 0.5) is 0 Å². The first kappa shape index (κ1) is 8.68. The summed E-state index contributed by atoms with van der Waals surface area (Å²) < 4.78 is 0.935. The van der Waals surface area contributed by atoms with Gasteiger partial charge in [0.15, 0.2) is 0 Å². The van der Waals surface area contributed by atoms with Crippen molar-refractivity contribution >= 4 is 15.9 Å². The van der Waals surface area contributed by atoms with Gasteiger partial charge in [-0.05, 0) is 26.0 Å². The molecule has 0 aromatic carbocycles. The number of rotatable bonds is 1. The minimum atomic E-state index is -0.857. The Hall–Kier alpha value is -0.410. The highest BCUT2D eigenvalue weighted by atomic mass is 79.9. The Kier molecular flexibility index (Phi) is 2.30. The smallest absolute Gasteiger partial charge is 0.101 e. The summed E-state index contributed by atoms with van der Waals surface area (Å²) in [5.41, 5.74) is -0.184. The largest absolute Gasteiger partial charge is 0.384 e. The molecule has 0 radical (unpaired) electrons. The zero-order chi connectivity index (χ0) is 8.48. The van der Waals surface area contributed by atoms with Crippen molar-refractivity contribution in [1.82, 2.24) is 4.98 Å². The lowest BCUT2D eigenvalue weighted by molar-refractivity contribution is 0.0738. The molecular formula is C8H10BrNO. The van der Waals surface area contributed by atoms with E-state index in [0.29, 0.717) is 5.69 Å². The molecule has 3 heteroatoms. The second-order valence-corrected chi connectivity index (χ2v) is 3.83. The molecule has 0 atom stereocenters. The summed E-state index contributed by atoms with van der Waals surface area (Å²) in [5.74, 6) is 0. The minimum absolute atomic E-state index is 0.673. The lowest BCUT2D eigenvalue weighted by Crippen LogP contribution is -2.17. The van der Waals surface area contributed by atoms with Crippen molar-refractivity contribution in [3.05, 3.63) is 28.5 Å². The van der Waals surface area contributed by atoms with Crippen molar-refractivity contribution in [1.29, 1.82) is 0 Å². The van der Waals surface area contributed by atoms with Crippen LogP contribution in [0.5, 0.6) is 0 Å². The molecule has 0 saturated heterocycles. The van der Waals surface area contributed by atoms with Crippen molar-refractivity contribution in [2.75, 3.05) is 0 Å². The van der Waals surface area contributed by atoms with Crippen LogP contribution in [0, 0.1) is 0 Å². The number of pyridine rings is 1. The highest BCUT2D eigenvalue weighted by Crippen LogP contribution is 2.19. The predicted molar refractivity (Wildman–Crippen MR) is 47.2 cm³/mol. The van der Waals surface area contributed by atoms with Gasteiger partial charge in [-0.2, -0.15) is 0 Å². The van der Waals surface area contributed by atoms with E-state index in [0.717, 1.165) is 4.47 Å². The molecule has 0 fully saturated rings. The van der Waals surface area contributed by atoms with Crippen LogP contribution in [0.2, 0.25) is 0 Å². The van der Waals surface area contributed by atoms with E-state index in [1.807, 2.05) is 6.07 Å². The van der Waals surface area contributed by atoms with Gasteiger partial charge < -0.3 is 5.11 Å². The molecule has 0 aliphatic carbocycles. The average Bonchev–Trinajstić information content (AvgIpc) is 1.86. The molecule has 1 heterocycles. The van der Waals surface area contributed by atoms with Gasteiger partial charge in [-0.15, -0.1) is 0 Å². The normalized spacial score (nSPS) is 11.6. The van der Waals surface area contributed by atoms with Gasteiger partial charge in [-0.25, -0.2) is 0 Å². The standard InChI is InChI=1S/C8H10BrNO/c1-8(2,11)7-5-6(9)3-4-10-7/h3-5,11H,1-2H3. The monoisotopic (exact) mass is 215 g/mol. The first-order chi connectivity index (χ1) is 5.00. The lowest BCUT2D eigenvalue weighted by atomic mass is 10.1. The molecule has 2 nitrogen and oxygen atoms in total. The van der Waals surface area contributed by atoms with Gasteiger partial charge in [0.1, 0.15) is 5.60 Å². The average molecular weight is 216 g/mol. The summed E-state index contributed by atoms with van der Waals surface area (Å²) in [7, 11) is 0. The first-order valence-electron chi connectivity index (χ1n) is 3.34. The zero-order valence-corrected chi connectivity index (χ0v) is 8.09. The van der Waals surface area contributed by atoms with E-state index in [-0.39, 0.29) is 0 Å². The Morgan fingerprint density at radius 1 is 1.55 bits per heavy atom. The van der Waals surface area contributed by atoms with E-state index >= 15 is 0 Å². The van der Waals surface area contributed by atoms with E-state index in [4.69, 9.17) is 0 Å². The molecule has 1 N–H and O–H groups in total. The lowest BCUT2D eigenvalue weighted by Gasteiger charge is -2.15. The number of nitrogens with zero attached hydrogens (tertiary/aromatic N) is 1. The fraction of sp³-hybridized carbons (Fsp3) is 0.375. The molecule has 11 heavy (non-hydrogen) atoms. The minimum Gasteiger partial charge on any atom is -0.384 e. The van der Waals surface area contributed by atoms with Crippen LogP contribution < -0.4 is 0 Å². The Balaban J connectivity index is 3.06. The maximum atomic E-state index is 9.53. The van der Waals surface area contributed by atoms with Crippen molar-refractivity contribution < 1.29 is 5.11 Å². The van der Waals surface area contributed by atoms with E-state index in [2.05, 4.69) is 20.9 Å². The highest BCUT2D eigenvalue weighted by molar-refractivity contribution is 9.10. The van der Waals surface area contributed by atoms with Crippen LogP contribution in [-0.4, -0.2) is 10.1 Å². The topological polar surface area (TPSA) is 33.1 Å². The van der Waals surface area contributed by atoms with Gasteiger partial charge in [-0.1, -0.05) is 15.9 Å². The zero-order valence-electron chi connectivity index (χ0n) is 6.50. The van der Waals surface area contributed by atoms with Gasteiger partial charge in [0, 0.05) is 10.7 Å². The second-order valence-electron chi connectivity index (χ2n) is 2.92. The molecule has 0 saturated carbocycles. The van der Waals surface area contributed by atoms with Gasteiger partial charge in [0.25, 0.3) is 0 Å². The molecule has 1 rings (SSSR count). The van der Waals surface area contributed by atoms with Crippen molar-refractivity contribution in [3.63, 3.8) is 0 Å². The van der Waals surface area contributed by atoms with Gasteiger partial charge in [0.05, 0.1) is 5.69 Å². The summed E-state index contributed by atoms with van der Waals surface area (Å²) >= 11 is 3.30. The maximum Gasteiger partial charge on any atom is 0.101 e. The fourth-order valence-electron chi connectivity index (χ4n) is 0.739. The quantitative estimate of drug-likeness (QED) is 0.779. The number of halogens is 1. The Labute approximate surface area is 74.4 Å². The molecule has 0 aliphatic rings. The Morgan fingerprint density at radius 2 is 2.18 bits per heavy atom.